The first kappa shape index (κ1) is 29.0. The van der Waals surface area contributed by atoms with Gasteiger partial charge in [0.25, 0.3) is 0 Å². The molecule has 232 valence electrons. The molecule has 0 bridgehead atoms. The Kier molecular flexibility index (Phi) is 6.80. The van der Waals surface area contributed by atoms with E-state index in [0.717, 1.165) is 39.2 Å². The van der Waals surface area contributed by atoms with Crippen LogP contribution in [0.4, 0.5) is 0 Å². The van der Waals surface area contributed by atoms with Gasteiger partial charge in [0, 0.05) is 34.5 Å². The van der Waals surface area contributed by atoms with Crippen molar-refractivity contribution >= 4 is 10.8 Å². The molecule has 3 heteroatoms. The zero-order chi connectivity index (χ0) is 33.0. The topological polar surface area (TPSA) is 38.7 Å². The summed E-state index contributed by atoms with van der Waals surface area (Å²) in [7, 11) is 0. The van der Waals surface area contributed by atoms with E-state index in [1.165, 1.54) is 44.2 Å². The van der Waals surface area contributed by atoms with Crippen LogP contribution in [0.2, 0.25) is 0 Å². The predicted octanol–water partition coefficient (Wildman–Crippen LogP) is 11.7. The largest absolute Gasteiger partial charge is 0.264 e. The minimum atomic E-state index is -0.140. The Morgan fingerprint density at radius 1 is 0.449 bits per heavy atom. The molecule has 0 aliphatic heterocycles. The highest BCUT2D eigenvalue weighted by Gasteiger charge is 2.38. The summed E-state index contributed by atoms with van der Waals surface area (Å²) >= 11 is 0. The molecule has 0 saturated heterocycles. The highest BCUT2D eigenvalue weighted by atomic mass is 14.9. The fourth-order valence-electron chi connectivity index (χ4n) is 7.43. The summed E-state index contributed by atoms with van der Waals surface area (Å²) in [6.45, 7) is 4.68. The number of hydrogen-bond donors (Lipinski definition) is 0. The summed E-state index contributed by atoms with van der Waals surface area (Å²) in [6, 6.07) is 53.9. The molecule has 0 N–H and O–H groups in total. The quantitative estimate of drug-likeness (QED) is 0.191. The van der Waals surface area contributed by atoms with Gasteiger partial charge in [-0.25, -0.2) is 9.97 Å². The molecule has 9 rings (SSSR count). The van der Waals surface area contributed by atoms with E-state index < -0.39 is 0 Å². The smallest absolute Gasteiger partial charge is 0.160 e. The fraction of sp³-hybridized carbons (Fsp3) is 0.0652. The van der Waals surface area contributed by atoms with Crippen LogP contribution in [-0.2, 0) is 5.41 Å². The summed E-state index contributed by atoms with van der Waals surface area (Å²) in [5.74, 6) is 0.705. The average Bonchev–Trinajstić information content (AvgIpc) is 3.42. The molecule has 1 aliphatic carbocycles. The molecule has 0 saturated carbocycles. The Morgan fingerprint density at radius 2 is 1.08 bits per heavy atom. The van der Waals surface area contributed by atoms with Crippen LogP contribution in [0.3, 0.4) is 0 Å². The van der Waals surface area contributed by atoms with Crippen molar-refractivity contribution < 1.29 is 0 Å². The van der Waals surface area contributed by atoms with E-state index in [2.05, 4.69) is 158 Å². The van der Waals surface area contributed by atoms with Gasteiger partial charge in [-0.3, -0.25) is 4.98 Å². The molecule has 0 spiro atoms. The summed E-state index contributed by atoms with van der Waals surface area (Å²) in [5.41, 5.74) is 14.6. The summed E-state index contributed by atoms with van der Waals surface area (Å²) in [6.07, 6.45) is 3.70. The van der Waals surface area contributed by atoms with E-state index >= 15 is 0 Å². The van der Waals surface area contributed by atoms with Crippen LogP contribution >= 0.6 is 0 Å². The van der Waals surface area contributed by atoms with Gasteiger partial charge < -0.3 is 0 Å². The number of rotatable bonds is 5. The number of fused-ring (bicyclic) bond motifs is 5. The normalized spacial score (nSPS) is 12.9. The third-order valence-corrected chi connectivity index (χ3v) is 10.0. The average molecular weight is 628 g/mol. The van der Waals surface area contributed by atoms with Crippen molar-refractivity contribution in [1.82, 2.24) is 15.0 Å². The van der Waals surface area contributed by atoms with Crippen molar-refractivity contribution in [3.63, 3.8) is 0 Å². The van der Waals surface area contributed by atoms with Crippen LogP contribution in [0.25, 0.3) is 78.1 Å². The molecule has 0 atom stereocenters. The minimum absolute atomic E-state index is 0.140. The highest BCUT2D eigenvalue weighted by Crippen LogP contribution is 2.54. The van der Waals surface area contributed by atoms with Gasteiger partial charge in [-0.1, -0.05) is 153 Å². The Balaban J connectivity index is 1.24. The molecule has 0 fully saturated rings. The van der Waals surface area contributed by atoms with Crippen molar-refractivity contribution in [3.05, 3.63) is 175 Å². The van der Waals surface area contributed by atoms with Crippen LogP contribution in [0.1, 0.15) is 25.0 Å². The number of aromatic nitrogens is 3. The van der Waals surface area contributed by atoms with E-state index in [9.17, 15) is 0 Å². The Hall–Kier alpha value is -6.19. The van der Waals surface area contributed by atoms with E-state index in [1.807, 2.05) is 18.3 Å². The summed E-state index contributed by atoms with van der Waals surface area (Å²) in [4.78, 5) is 14.8. The lowest BCUT2D eigenvalue weighted by atomic mass is 9.82. The first-order valence-corrected chi connectivity index (χ1v) is 16.8. The molecule has 3 nitrogen and oxygen atoms in total. The van der Waals surface area contributed by atoms with E-state index in [4.69, 9.17) is 9.97 Å². The van der Waals surface area contributed by atoms with Gasteiger partial charge in [0.1, 0.15) is 0 Å². The van der Waals surface area contributed by atoms with Crippen molar-refractivity contribution in [2.45, 2.75) is 19.3 Å². The molecule has 1 aliphatic rings. The Labute approximate surface area is 286 Å². The minimum Gasteiger partial charge on any atom is -0.264 e. The van der Waals surface area contributed by atoms with Gasteiger partial charge in [-0.2, -0.15) is 0 Å². The Bertz CT molecular complexity index is 2380. The maximum absolute atomic E-state index is 5.33. The lowest BCUT2D eigenvalue weighted by Crippen LogP contribution is -2.14. The lowest BCUT2D eigenvalue weighted by Gasteiger charge is -2.21. The van der Waals surface area contributed by atoms with Gasteiger partial charge in [0.2, 0.25) is 0 Å². The van der Waals surface area contributed by atoms with Crippen molar-refractivity contribution in [3.8, 4) is 67.3 Å². The molecule has 8 aromatic rings. The maximum atomic E-state index is 5.33. The number of benzene rings is 6. The number of hydrogen-bond acceptors (Lipinski definition) is 3. The summed E-state index contributed by atoms with van der Waals surface area (Å²) in [5, 5.41) is 2.52. The van der Waals surface area contributed by atoms with Crippen molar-refractivity contribution in [2.75, 3.05) is 0 Å². The molecule has 2 heterocycles. The van der Waals surface area contributed by atoms with Gasteiger partial charge in [-0.05, 0) is 67.4 Å². The highest BCUT2D eigenvalue weighted by molar-refractivity contribution is 6.06. The van der Waals surface area contributed by atoms with Crippen LogP contribution in [-0.4, -0.2) is 15.0 Å². The van der Waals surface area contributed by atoms with Gasteiger partial charge >= 0.3 is 0 Å². The zero-order valence-electron chi connectivity index (χ0n) is 27.4. The molecule has 2 aromatic heterocycles. The van der Waals surface area contributed by atoms with Gasteiger partial charge in [0.15, 0.2) is 5.82 Å². The monoisotopic (exact) mass is 627 g/mol. The molecular weight excluding hydrogens is 595 g/mol. The van der Waals surface area contributed by atoms with Crippen LogP contribution in [0, 0.1) is 0 Å². The van der Waals surface area contributed by atoms with E-state index in [0.29, 0.717) is 5.82 Å². The molecule has 0 unspecified atom stereocenters. The summed E-state index contributed by atoms with van der Waals surface area (Å²) < 4.78 is 0. The van der Waals surface area contributed by atoms with E-state index in [1.54, 1.807) is 6.20 Å². The van der Waals surface area contributed by atoms with Gasteiger partial charge in [-0.15, -0.1) is 0 Å². The second-order valence-corrected chi connectivity index (χ2v) is 13.3. The fourth-order valence-corrected chi connectivity index (χ4v) is 7.43. The second-order valence-electron chi connectivity index (χ2n) is 13.3. The molecule has 6 aromatic carbocycles. The van der Waals surface area contributed by atoms with E-state index in [-0.39, 0.29) is 5.41 Å². The maximum Gasteiger partial charge on any atom is 0.160 e. The molecular formula is C46H33N3. The van der Waals surface area contributed by atoms with Crippen LogP contribution < -0.4 is 0 Å². The second kappa shape index (κ2) is 11.5. The molecule has 0 radical (unpaired) electrons. The Morgan fingerprint density at radius 3 is 1.86 bits per heavy atom. The predicted molar refractivity (Wildman–Crippen MR) is 202 cm³/mol. The third-order valence-electron chi connectivity index (χ3n) is 10.0. The molecule has 0 amide bonds. The lowest BCUT2D eigenvalue weighted by molar-refractivity contribution is 0.661. The SMILES string of the molecule is CC1(C)c2cccc(-c3cc(-c4ccc(-c5cccnc5)cc4)nc(-c4ccc(-c5ccccc5)cc4)n3)c2-c2c1ccc1ccccc21. The standard InChI is InChI=1S/C46H33N3/c1-46(2)39-16-8-15-38(44(39)43-37-14-7-6-12-33(37)25-26-40(43)46)42-28-41(34-21-17-32(18-22-34)36-13-9-27-47-29-36)48-45(49-42)35-23-19-31(20-24-35)30-10-4-3-5-11-30/h3-29H,1-2H3. The van der Waals surface area contributed by atoms with Crippen LogP contribution in [0.15, 0.2) is 164 Å². The first-order valence-electron chi connectivity index (χ1n) is 16.8. The first-order chi connectivity index (χ1) is 24.0. The van der Waals surface area contributed by atoms with Crippen LogP contribution in [0.5, 0.6) is 0 Å². The number of nitrogens with zero attached hydrogens (tertiary/aromatic N) is 3. The number of pyridine rings is 1. The third kappa shape index (κ3) is 4.94. The van der Waals surface area contributed by atoms with Gasteiger partial charge in [0.05, 0.1) is 11.4 Å². The van der Waals surface area contributed by atoms with Crippen molar-refractivity contribution in [1.29, 1.82) is 0 Å². The zero-order valence-corrected chi connectivity index (χ0v) is 27.4. The molecule has 49 heavy (non-hydrogen) atoms. The van der Waals surface area contributed by atoms with Crippen molar-refractivity contribution in [2.24, 2.45) is 0 Å².